The van der Waals surface area contributed by atoms with Crippen LogP contribution in [-0.4, -0.2) is 54.4 Å². The zero-order valence-electron chi connectivity index (χ0n) is 27.8. The van der Waals surface area contributed by atoms with Gasteiger partial charge in [0, 0.05) is 0 Å². The summed E-state index contributed by atoms with van der Waals surface area (Å²) in [5, 5.41) is 0. The van der Waals surface area contributed by atoms with E-state index in [1.165, 1.54) is 56.9 Å². The molecule has 0 bridgehead atoms. The van der Waals surface area contributed by atoms with Crippen molar-refractivity contribution in [3.05, 3.63) is 11.6 Å². The second-order valence-corrected chi connectivity index (χ2v) is 17.6. The molecule has 4 aliphatic carbocycles. The van der Waals surface area contributed by atoms with Crippen molar-refractivity contribution in [1.29, 1.82) is 0 Å². The van der Waals surface area contributed by atoms with Gasteiger partial charge in [0.25, 0.3) is 0 Å². The lowest BCUT2D eigenvalue weighted by atomic mass is 9.47. The molecule has 0 aromatic carbocycles. The molecule has 10 atom stereocenters. The summed E-state index contributed by atoms with van der Waals surface area (Å²) in [5.74, 6) is 5.73. The lowest BCUT2D eigenvalue weighted by Gasteiger charge is -2.58. The van der Waals surface area contributed by atoms with Crippen LogP contribution in [0.25, 0.3) is 0 Å². The summed E-state index contributed by atoms with van der Waals surface area (Å²) in [6.07, 6.45) is 15.3. The van der Waals surface area contributed by atoms with Crippen molar-refractivity contribution < 1.29 is 28.1 Å². The lowest BCUT2D eigenvalue weighted by molar-refractivity contribution is -0.876. The summed E-state index contributed by atoms with van der Waals surface area (Å²) in [6.45, 7) is 15.3. The van der Waals surface area contributed by atoms with E-state index in [4.69, 9.17) is 9.26 Å². The van der Waals surface area contributed by atoms with E-state index in [-0.39, 0.29) is 11.5 Å². The zero-order chi connectivity index (χ0) is 30.4. The molecule has 0 aromatic heterocycles. The maximum absolute atomic E-state index is 11.7. The number of fused-ring (bicyclic) bond motifs is 5. The maximum Gasteiger partial charge on any atom is 0.472 e. The topological polar surface area (TPSA) is 76.0 Å². The van der Waals surface area contributed by atoms with Crippen LogP contribution < -0.4 is 0 Å². The molecule has 0 saturated heterocycles. The Morgan fingerprint density at radius 3 is 2.34 bits per heavy atom. The molecule has 0 amide bonds. The number of nitrogens with zero attached hydrogens (tertiary/aromatic N) is 1. The average molecular weight is 597 g/mol. The van der Waals surface area contributed by atoms with Gasteiger partial charge in [-0.05, 0) is 110 Å². The third-order valence-electron chi connectivity index (χ3n) is 12.6. The van der Waals surface area contributed by atoms with Gasteiger partial charge in [0.15, 0.2) is 0 Å². The molecular weight excluding hydrogens is 533 g/mol. The van der Waals surface area contributed by atoms with E-state index >= 15 is 0 Å². The van der Waals surface area contributed by atoms with Gasteiger partial charge in [-0.15, -0.1) is 0 Å². The van der Waals surface area contributed by atoms with E-state index in [0.29, 0.717) is 16.4 Å². The Balaban J connectivity index is 1.43. The highest BCUT2D eigenvalue weighted by Gasteiger charge is 2.59. The van der Waals surface area contributed by atoms with Crippen molar-refractivity contribution in [2.45, 2.75) is 125 Å². The van der Waals surface area contributed by atoms with Gasteiger partial charge in [0.1, 0.15) is 6.54 Å². The van der Waals surface area contributed by atoms with Gasteiger partial charge in [-0.2, -0.15) is 0 Å². The number of ether oxygens (including phenoxy) is 1. The van der Waals surface area contributed by atoms with E-state index in [1.54, 1.807) is 0 Å². The van der Waals surface area contributed by atoms with E-state index in [1.807, 2.05) is 21.1 Å². The lowest BCUT2D eigenvalue weighted by Crippen LogP contribution is -2.51. The number of allylic oxidation sites excluding steroid dienone is 1. The predicted molar refractivity (Wildman–Crippen MR) is 167 cm³/mol. The fourth-order valence-electron chi connectivity index (χ4n) is 10.3. The van der Waals surface area contributed by atoms with Crippen molar-refractivity contribution in [2.24, 2.45) is 52.3 Å². The SMILES string of the molecule is CC[C@H](CC[C@@H](C)[C@H]1CCC2C3CC=C4C[C@@H](OC(C[N+](C)(C)C)OP(=O)(O)O)CC[C@]4(C)C3CC[C@@]21C)C(C)C. The molecule has 6 nitrogen and oxygen atoms in total. The van der Waals surface area contributed by atoms with E-state index in [2.05, 4.69) is 47.6 Å². The highest BCUT2D eigenvalue weighted by atomic mass is 31.2. The largest absolute Gasteiger partial charge is 0.472 e. The van der Waals surface area contributed by atoms with Crippen molar-refractivity contribution in [3.8, 4) is 0 Å². The monoisotopic (exact) mass is 596 g/mol. The van der Waals surface area contributed by atoms with Crippen molar-refractivity contribution in [3.63, 3.8) is 0 Å². The van der Waals surface area contributed by atoms with Crippen LogP contribution in [0.3, 0.4) is 0 Å². The zero-order valence-corrected chi connectivity index (χ0v) is 28.7. The van der Waals surface area contributed by atoms with E-state index in [0.717, 1.165) is 60.7 Å². The highest BCUT2D eigenvalue weighted by Crippen LogP contribution is 2.67. The quantitative estimate of drug-likeness (QED) is 0.103. The minimum atomic E-state index is -4.63. The summed E-state index contributed by atoms with van der Waals surface area (Å²) in [4.78, 5) is 19.0. The molecule has 3 saturated carbocycles. The standard InChI is InChI=1S/C34H62NO5P/c1-10-25(23(2)3)12-11-24(4)29-15-16-30-28-14-13-26-21-27(39-32(22-35(7,8)9)40-41(36,37)38)17-19-33(26,5)31(28)18-20-34(29,30)6/h13,23-25,27-32H,10-12,14-22H2,1-9H3,(H-,36,37,38)/p+1/t24-,25-,27+,28?,29-,30?,31?,32?,33+,34-/m1/s1. The van der Waals surface area contributed by atoms with Crippen LogP contribution in [0.5, 0.6) is 0 Å². The van der Waals surface area contributed by atoms with Gasteiger partial charge in [-0.3, -0.25) is 4.52 Å². The van der Waals surface area contributed by atoms with Crippen LogP contribution in [0, 0.1) is 52.3 Å². The Morgan fingerprint density at radius 1 is 1.02 bits per heavy atom. The molecule has 0 aromatic rings. The summed E-state index contributed by atoms with van der Waals surface area (Å²) in [7, 11) is 1.33. The molecule has 0 aliphatic heterocycles. The molecule has 0 spiro atoms. The summed E-state index contributed by atoms with van der Waals surface area (Å²) < 4.78 is 23.6. The number of hydrogen-bond acceptors (Lipinski definition) is 3. The molecule has 4 unspecified atom stereocenters. The first-order chi connectivity index (χ1) is 19.0. The van der Waals surface area contributed by atoms with Crippen LogP contribution in [0.2, 0.25) is 0 Å². The first kappa shape index (κ1) is 33.7. The molecule has 0 radical (unpaired) electrons. The molecule has 41 heavy (non-hydrogen) atoms. The molecule has 238 valence electrons. The van der Waals surface area contributed by atoms with Crippen LogP contribution in [-0.2, 0) is 13.8 Å². The molecule has 7 heteroatoms. The molecule has 2 N–H and O–H groups in total. The summed E-state index contributed by atoms with van der Waals surface area (Å²) in [6, 6.07) is 0. The first-order valence-electron chi connectivity index (χ1n) is 16.9. The Bertz CT molecular complexity index is 971. The Labute approximate surface area is 251 Å². The molecule has 4 aliphatic rings. The number of hydrogen-bond donors (Lipinski definition) is 2. The number of likely N-dealkylation sites (N-methyl/N-ethyl adjacent to an activating group) is 1. The third-order valence-corrected chi connectivity index (χ3v) is 13.1. The minimum absolute atomic E-state index is 0.0580. The number of quaternary nitrogens is 1. The predicted octanol–water partition coefficient (Wildman–Crippen LogP) is 8.19. The Morgan fingerprint density at radius 2 is 1.73 bits per heavy atom. The summed E-state index contributed by atoms with van der Waals surface area (Å²) >= 11 is 0. The minimum Gasteiger partial charge on any atom is -0.343 e. The summed E-state index contributed by atoms with van der Waals surface area (Å²) in [5.41, 5.74) is 2.24. The normalized spacial score (nSPS) is 38.0. The van der Waals surface area contributed by atoms with Gasteiger partial charge < -0.3 is 19.0 Å². The van der Waals surface area contributed by atoms with E-state index in [9.17, 15) is 14.4 Å². The second kappa shape index (κ2) is 12.6. The van der Waals surface area contributed by atoms with Gasteiger partial charge in [-0.1, -0.05) is 66.0 Å². The van der Waals surface area contributed by atoms with Crippen LogP contribution in [0.1, 0.15) is 112 Å². The van der Waals surface area contributed by atoms with Crippen LogP contribution >= 0.6 is 7.82 Å². The maximum atomic E-state index is 11.7. The Hall–Kier alpha value is -0.230. The molecule has 3 fully saturated rings. The molecule has 4 rings (SSSR count). The van der Waals surface area contributed by atoms with Crippen LogP contribution in [0.15, 0.2) is 11.6 Å². The number of phosphoric acid groups is 1. The third kappa shape index (κ3) is 7.54. The van der Waals surface area contributed by atoms with Crippen LogP contribution in [0.4, 0.5) is 0 Å². The molecule has 0 heterocycles. The molecular formula is C34H63NO5P+. The number of rotatable bonds is 12. The van der Waals surface area contributed by atoms with Crippen molar-refractivity contribution in [2.75, 3.05) is 27.7 Å². The highest BCUT2D eigenvalue weighted by molar-refractivity contribution is 7.46. The number of phosphoric ester groups is 1. The average Bonchev–Trinajstić information content (AvgIpc) is 3.19. The van der Waals surface area contributed by atoms with Gasteiger partial charge in [-0.25, -0.2) is 4.57 Å². The van der Waals surface area contributed by atoms with Gasteiger partial charge in [0.05, 0.1) is 27.2 Å². The Kier molecular flexibility index (Phi) is 10.4. The van der Waals surface area contributed by atoms with Crippen molar-refractivity contribution in [1.82, 2.24) is 0 Å². The van der Waals surface area contributed by atoms with Gasteiger partial charge in [0.2, 0.25) is 6.29 Å². The fourth-order valence-corrected chi connectivity index (χ4v) is 10.7. The van der Waals surface area contributed by atoms with Crippen molar-refractivity contribution >= 4 is 7.82 Å². The second-order valence-electron chi connectivity index (χ2n) is 16.5. The fraction of sp³-hybridized carbons (Fsp3) is 0.941. The van der Waals surface area contributed by atoms with E-state index < -0.39 is 14.1 Å². The first-order valence-corrected chi connectivity index (χ1v) is 18.4. The van der Waals surface area contributed by atoms with Gasteiger partial charge >= 0.3 is 7.82 Å². The smallest absolute Gasteiger partial charge is 0.343 e.